The van der Waals surface area contributed by atoms with Crippen molar-refractivity contribution in [1.82, 2.24) is 4.98 Å². The number of anilines is 3. The number of oxime groups is 1. The fourth-order valence-corrected chi connectivity index (χ4v) is 4.63. The highest BCUT2D eigenvalue weighted by atomic mass is 35.5. The lowest BCUT2D eigenvalue weighted by atomic mass is 10.1. The number of rotatable bonds is 5. The summed E-state index contributed by atoms with van der Waals surface area (Å²) in [5.74, 6) is -3.78. The molecule has 0 radical (unpaired) electrons. The standard InChI is InChI=1S/C23H26ClF3N6O2/c24-17-13-16(22(34)29-14-4-5-18(25)15(12-14)19(28)31-35)20(30-21(17)32-8-1-2-9-32)33-10-3-6-23(26,27)7-11-33/h4-5,12-13,35H,1-3,6-11H2,(H2,28,31)(H,29,34). The van der Waals surface area contributed by atoms with Gasteiger partial charge in [0.2, 0.25) is 5.92 Å². The summed E-state index contributed by atoms with van der Waals surface area (Å²) in [4.78, 5) is 21.7. The van der Waals surface area contributed by atoms with Crippen LogP contribution in [0.1, 0.15) is 48.0 Å². The average Bonchev–Trinajstić information content (AvgIpc) is 3.30. The highest BCUT2D eigenvalue weighted by Crippen LogP contribution is 2.35. The third-order valence-electron chi connectivity index (χ3n) is 6.21. The summed E-state index contributed by atoms with van der Waals surface area (Å²) in [6, 6.07) is 5.11. The van der Waals surface area contributed by atoms with Crippen LogP contribution in [0.25, 0.3) is 0 Å². The van der Waals surface area contributed by atoms with Crippen LogP contribution in [0.2, 0.25) is 5.02 Å². The summed E-state index contributed by atoms with van der Waals surface area (Å²) in [6.45, 7) is 1.88. The predicted octanol–water partition coefficient (Wildman–Crippen LogP) is 4.45. The van der Waals surface area contributed by atoms with Crippen LogP contribution in [0.3, 0.4) is 0 Å². The summed E-state index contributed by atoms with van der Waals surface area (Å²) in [7, 11) is 0. The van der Waals surface area contributed by atoms with E-state index in [-0.39, 0.29) is 53.5 Å². The van der Waals surface area contributed by atoms with Crippen LogP contribution in [0, 0.1) is 5.82 Å². The Morgan fingerprint density at radius 3 is 2.46 bits per heavy atom. The molecule has 2 aliphatic heterocycles. The second-order valence-corrected chi connectivity index (χ2v) is 9.10. The number of aromatic nitrogens is 1. The van der Waals surface area contributed by atoms with E-state index in [0.29, 0.717) is 12.4 Å². The Bertz CT molecular complexity index is 1140. The zero-order valence-corrected chi connectivity index (χ0v) is 19.7. The van der Waals surface area contributed by atoms with E-state index >= 15 is 0 Å². The van der Waals surface area contributed by atoms with Crippen molar-refractivity contribution in [2.45, 2.75) is 38.0 Å². The number of halogens is 4. The molecule has 8 nitrogen and oxygen atoms in total. The zero-order chi connectivity index (χ0) is 25.2. The van der Waals surface area contributed by atoms with Crippen LogP contribution >= 0.6 is 11.6 Å². The summed E-state index contributed by atoms with van der Waals surface area (Å²) in [6.07, 6.45) is 1.64. The maximum atomic E-state index is 14.0. The average molecular weight is 511 g/mol. The number of nitrogens with one attached hydrogen (secondary N) is 1. The van der Waals surface area contributed by atoms with Gasteiger partial charge in [-0.15, -0.1) is 0 Å². The lowest BCUT2D eigenvalue weighted by molar-refractivity contribution is -0.0102. The zero-order valence-electron chi connectivity index (χ0n) is 18.9. The van der Waals surface area contributed by atoms with Gasteiger partial charge in [-0.25, -0.2) is 18.2 Å². The van der Waals surface area contributed by atoms with Crippen LogP contribution in [0.5, 0.6) is 0 Å². The van der Waals surface area contributed by atoms with Gasteiger partial charge in [0.1, 0.15) is 17.5 Å². The molecule has 0 spiro atoms. The number of nitrogens with zero attached hydrogens (tertiary/aromatic N) is 4. The Morgan fingerprint density at radius 1 is 1.06 bits per heavy atom. The van der Waals surface area contributed by atoms with Crippen LogP contribution in [-0.2, 0) is 0 Å². The molecule has 3 heterocycles. The molecule has 4 N–H and O–H groups in total. The molecule has 0 bridgehead atoms. The van der Waals surface area contributed by atoms with Crippen LogP contribution in [0.4, 0.5) is 30.5 Å². The van der Waals surface area contributed by atoms with E-state index in [0.717, 1.165) is 32.0 Å². The second kappa shape index (κ2) is 10.2. The topological polar surface area (TPSA) is 107 Å². The SMILES string of the molecule is NC(=NO)c1cc(NC(=O)c2cc(Cl)c(N3CCCC3)nc2N2CCCC(F)(F)CC2)ccc1F. The predicted molar refractivity (Wildman–Crippen MR) is 129 cm³/mol. The van der Waals surface area contributed by atoms with Crippen LogP contribution < -0.4 is 20.9 Å². The molecular weight excluding hydrogens is 485 g/mol. The molecule has 0 atom stereocenters. The number of benzene rings is 1. The molecule has 1 amide bonds. The molecule has 188 valence electrons. The van der Waals surface area contributed by atoms with Crippen LogP contribution in [-0.4, -0.2) is 54.0 Å². The molecule has 1 aromatic carbocycles. The molecule has 1 aromatic heterocycles. The third-order valence-corrected chi connectivity index (χ3v) is 6.49. The number of nitrogens with two attached hydrogens (primary N) is 1. The van der Waals surface area contributed by atoms with E-state index in [4.69, 9.17) is 22.5 Å². The van der Waals surface area contributed by atoms with E-state index in [1.54, 1.807) is 4.90 Å². The lowest BCUT2D eigenvalue weighted by Crippen LogP contribution is -2.30. The molecule has 2 aromatic rings. The van der Waals surface area contributed by atoms with Gasteiger partial charge >= 0.3 is 0 Å². The van der Waals surface area contributed by atoms with Crippen molar-refractivity contribution >= 4 is 40.7 Å². The molecular formula is C23H26ClF3N6O2. The molecule has 0 unspecified atom stereocenters. The molecule has 2 saturated heterocycles. The maximum absolute atomic E-state index is 14.0. The van der Waals surface area contributed by atoms with Gasteiger partial charge in [-0.05, 0) is 43.5 Å². The number of carbonyl (C=O) groups is 1. The fraction of sp³-hybridized carbons (Fsp3) is 0.435. The highest BCUT2D eigenvalue weighted by Gasteiger charge is 2.34. The summed E-state index contributed by atoms with van der Waals surface area (Å²) < 4.78 is 42.1. The van der Waals surface area contributed by atoms with Gasteiger partial charge in [0, 0.05) is 44.7 Å². The minimum Gasteiger partial charge on any atom is -0.409 e. The largest absolute Gasteiger partial charge is 0.409 e. The van der Waals surface area contributed by atoms with E-state index in [2.05, 4.69) is 15.5 Å². The number of hydrogen-bond donors (Lipinski definition) is 3. The van der Waals surface area contributed by atoms with Crippen LogP contribution in [0.15, 0.2) is 29.4 Å². The third kappa shape index (κ3) is 5.55. The number of carbonyl (C=O) groups excluding carboxylic acids is 1. The van der Waals surface area contributed by atoms with Gasteiger partial charge in [-0.3, -0.25) is 4.79 Å². The first-order valence-electron chi connectivity index (χ1n) is 11.4. The summed E-state index contributed by atoms with van der Waals surface area (Å²) >= 11 is 6.52. The Hall–Kier alpha value is -3.21. The Morgan fingerprint density at radius 2 is 1.74 bits per heavy atom. The molecule has 0 saturated carbocycles. The Labute approximate surface area is 205 Å². The highest BCUT2D eigenvalue weighted by molar-refractivity contribution is 6.33. The number of pyridine rings is 1. The smallest absolute Gasteiger partial charge is 0.259 e. The molecule has 2 fully saturated rings. The van der Waals surface area contributed by atoms with Crippen molar-refractivity contribution < 1.29 is 23.2 Å². The van der Waals surface area contributed by atoms with Crippen molar-refractivity contribution in [3.05, 3.63) is 46.2 Å². The molecule has 0 aliphatic carbocycles. The first-order valence-corrected chi connectivity index (χ1v) is 11.7. The maximum Gasteiger partial charge on any atom is 0.259 e. The van der Waals surface area contributed by atoms with Crippen molar-refractivity contribution in [3.63, 3.8) is 0 Å². The number of alkyl halides is 2. The van der Waals surface area contributed by atoms with Gasteiger partial charge in [0.25, 0.3) is 5.91 Å². The van der Waals surface area contributed by atoms with Gasteiger partial charge in [0.05, 0.1) is 16.1 Å². The molecule has 4 rings (SSSR count). The van der Waals surface area contributed by atoms with E-state index < -0.39 is 23.5 Å². The number of amides is 1. The Kier molecular flexibility index (Phi) is 7.25. The van der Waals surface area contributed by atoms with Crippen molar-refractivity contribution in [1.29, 1.82) is 0 Å². The summed E-state index contributed by atoms with van der Waals surface area (Å²) in [5, 5.41) is 14.6. The van der Waals surface area contributed by atoms with E-state index in [9.17, 15) is 18.0 Å². The van der Waals surface area contributed by atoms with Gasteiger partial charge in [0.15, 0.2) is 5.84 Å². The number of amidine groups is 1. The normalized spacial score (nSPS) is 18.5. The molecule has 2 aliphatic rings. The minimum atomic E-state index is -2.78. The number of hydrogen-bond acceptors (Lipinski definition) is 6. The Balaban J connectivity index is 1.70. The monoisotopic (exact) mass is 510 g/mol. The first kappa shape index (κ1) is 24.9. The second-order valence-electron chi connectivity index (χ2n) is 8.69. The quantitative estimate of drug-likeness (QED) is 0.237. The fourth-order valence-electron chi connectivity index (χ4n) is 4.36. The van der Waals surface area contributed by atoms with E-state index in [1.165, 1.54) is 18.2 Å². The van der Waals surface area contributed by atoms with Crippen molar-refractivity contribution in [3.8, 4) is 0 Å². The first-order chi connectivity index (χ1) is 16.7. The van der Waals surface area contributed by atoms with E-state index in [1.807, 2.05) is 4.90 Å². The summed E-state index contributed by atoms with van der Waals surface area (Å²) in [5.41, 5.74) is 5.61. The van der Waals surface area contributed by atoms with Gasteiger partial charge in [-0.1, -0.05) is 16.8 Å². The van der Waals surface area contributed by atoms with Gasteiger partial charge < -0.3 is 26.1 Å². The lowest BCUT2D eigenvalue weighted by Gasteiger charge is -2.27. The minimum absolute atomic E-state index is 0.0333. The van der Waals surface area contributed by atoms with Crippen molar-refractivity contribution in [2.24, 2.45) is 10.9 Å². The van der Waals surface area contributed by atoms with Gasteiger partial charge in [-0.2, -0.15) is 0 Å². The molecule has 12 heteroatoms. The van der Waals surface area contributed by atoms with Crippen molar-refractivity contribution in [2.75, 3.05) is 41.3 Å². The molecule has 35 heavy (non-hydrogen) atoms.